The molecule has 5 rings (SSSR count). The summed E-state index contributed by atoms with van der Waals surface area (Å²) < 4.78 is 86.3. The number of carbonyl (C=O) groups is 1. The number of halogens is 6. The maximum absolute atomic E-state index is 13.8. The molecule has 2 aromatic heterocycles. The Morgan fingerprint density at radius 3 is 2.35 bits per heavy atom. The Kier molecular flexibility index (Phi) is 7.52. The molecule has 16 heteroatoms. The molecule has 43 heavy (non-hydrogen) atoms. The summed E-state index contributed by atoms with van der Waals surface area (Å²) in [5, 5.41) is 15.3. The van der Waals surface area contributed by atoms with E-state index in [9.17, 15) is 31.1 Å². The topological polar surface area (TPSA) is 115 Å². The molecule has 0 aliphatic rings. The Labute approximate surface area is 237 Å². The highest BCUT2D eigenvalue weighted by Crippen LogP contribution is 2.34. The first-order valence-electron chi connectivity index (χ1n) is 12.3. The predicted octanol–water partition coefficient (Wildman–Crippen LogP) is 5.59. The molecule has 0 fully saturated rings. The lowest BCUT2D eigenvalue weighted by molar-refractivity contribution is -0.274. The number of aryl methyl sites for hydroxylation is 1. The molecule has 0 atom stereocenters. The average molecular weight is 602 g/mol. The minimum Gasteiger partial charge on any atom is -0.406 e. The molecule has 0 spiro atoms. The van der Waals surface area contributed by atoms with Crippen LogP contribution in [-0.2, 0) is 19.8 Å². The molecule has 0 aliphatic heterocycles. The third-order valence-electron chi connectivity index (χ3n) is 6.26. The van der Waals surface area contributed by atoms with Crippen molar-refractivity contribution >= 4 is 34.7 Å². The first-order valence-corrected chi connectivity index (χ1v) is 12.3. The standard InChI is InChI=1S/C27H20F6N8O2/c1-3-16-12-18(26(28,29)30)13-21-22(16)40(2)25(34-19-8-10-20(11-9-19)43-27(31,32)33)41(21)14-15-4-6-17(7-5-15)23(42)35-24-36-38-39-37-24/h3-13H,1,14H2,2H3,(H2,35,36,37,38,39,42). The van der Waals surface area contributed by atoms with Gasteiger partial charge in [0, 0.05) is 18.2 Å². The summed E-state index contributed by atoms with van der Waals surface area (Å²) in [5.74, 6) is -0.989. The average Bonchev–Trinajstić information content (AvgIpc) is 3.55. The Morgan fingerprint density at radius 2 is 1.77 bits per heavy atom. The summed E-state index contributed by atoms with van der Waals surface area (Å²) in [6.07, 6.45) is -8.23. The van der Waals surface area contributed by atoms with Crippen molar-refractivity contribution < 1.29 is 35.9 Å². The predicted molar refractivity (Wildman–Crippen MR) is 142 cm³/mol. The zero-order valence-electron chi connectivity index (χ0n) is 22.0. The minimum absolute atomic E-state index is 0.0239. The van der Waals surface area contributed by atoms with Crippen LogP contribution in [0.2, 0.25) is 0 Å². The lowest BCUT2D eigenvalue weighted by atomic mass is 10.1. The van der Waals surface area contributed by atoms with Crippen molar-refractivity contribution in [2.24, 2.45) is 12.0 Å². The van der Waals surface area contributed by atoms with E-state index in [1.165, 1.54) is 34.9 Å². The van der Waals surface area contributed by atoms with Gasteiger partial charge in [0.05, 0.1) is 28.8 Å². The van der Waals surface area contributed by atoms with Gasteiger partial charge in [0.2, 0.25) is 5.62 Å². The van der Waals surface area contributed by atoms with Crippen LogP contribution in [-0.4, -0.2) is 42.0 Å². The summed E-state index contributed by atoms with van der Waals surface area (Å²) in [4.78, 5) is 17.0. The van der Waals surface area contributed by atoms with Crippen molar-refractivity contribution in [2.75, 3.05) is 5.32 Å². The SMILES string of the molecule is C=Cc1cc(C(F)(F)F)cc2c1n(C)c(=Nc1ccc(OC(F)(F)F)cc1)n2Cc1ccc(C(=O)Nc2nn[nH]n2)cc1. The molecule has 2 N–H and O–H groups in total. The molecule has 222 valence electrons. The number of imidazole rings is 1. The Bertz CT molecular complexity index is 1850. The fourth-order valence-corrected chi connectivity index (χ4v) is 4.38. The van der Waals surface area contributed by atoms with Crippen molar-refractivity contribution in [1.29, 1.82) is 0 Å². The molecule has 0 radical (unpaired) electrons. The molecular weight excluding hydrogens is 582 g/mol. The second-order valence-electron chi connectivity index (χ2n) is 9.12. The lowest BCUT2D eigenvalue weighted by Crippen LogP contribution is -2.24. The zero-order chi connectivity index (χ0) is 30.9. The van der Waals surface area contributed by atoms with Gasteiger partial charge in [-0.2, -0.15) is 18.4 Å². The van der Waals surface area contributed by atoms with Crippen LogP contribution in [0.15, 0.2) is 72.2 Å². The van der Waals surface area contributed by atoms with E-state index in [0.717, 1.165) is 24.3 Å². The lowest BCUT2D eigenvalue weighted by Gasteiger charge is -2.11. The van der Waals surface area contributed by atoms with Gasteiger partial charge in [-0.05, 0) is 59.3 Å². The highest BCUT2D eigenvalue weighted by atomic mass is 19.4. The van der Waals surface area contributed by atoms with Crippen LogP contribution in [0.25, 0.3) is 17.1 Å². The molecule has 0 unspecified atom stereocenters. The van der Waals surface area contributed by atoms with Gasteiger partial charge in [-0.15, -0.1) is 18.3 Å². The number of hydrogen-bond acceptors (Lipinski definition) is 6. The number of benzene rings is 3. The maximum Gasteiger partial charge on any atom is 0.573 e. The highest BCUT2D eigenvalue weighted by Gasteiger charge is 2.32. The summed E-state index contributed by atoms with van der Waals surface area (Å²) in [6, 6.07) is 13.0. The van der Waals surface area contributed by atoms with Crippen LogP contribution in [0.4, 0.5) is 38.0 Å². The number of nitrogens with zero attached hydrogens (tertiary/aromatic N) is 6. The number of amides is 1. The molecule has 3 aromatic carbocycles. The van der Waals surface area contributed by atoms with E-state index in [0.29, 0.717) is 11.1 Å². The highest BCUT2D eigenvalue weighted by molar-refractivity contribution is 6.03. The van der Waals surface area contributed by atoms with E-state index in [4.69, 9.17) is 0 Å². The number of nitrogens with one attached hydrogen (secondary N) is 2. The number of alkyl halides is 6. The monoisotopic (exact) mass is 602 g/mol. The molecule has 10 nitrogen and oxygen atoms in total. The molecular formula is C27H20F6N8O2. The number of anilines is 1. The summed E-state index contributed by atoms with van der Waals surface area (Å²) in [5.41, 5.74) is 1.16. The van der Waals surface area contributed by atoms with Gasteiger partial charge < -0.3 is 13.9 Å². The second kappa shape index (κ2) is 11.1. The summed E-state index contributed by atoms with van der Waals surface area (Å²) >= 11 is 0. The number of H-pyrrole nitrogens is 1. The van der Waals surface area contributed by atoms with Crippen molar-refractivity contribution in [2.45, 2.75) is 19.1 Å². The second-order valence-corrected chi connectivity index (χ2v) is 9.12. The number of hydrogen-bond donors (Lipinski definition) is 2. The number of aromatic amines is 1. The van der Waals surface area contributed by atoms with Crippen LogP contribution in [0.1, 0.15) is 27.0 Å². The van der Waals surface area contributed by atoms with Crippen molar-refractivity contribution in [3.05, 3.63) is 95.1 Å². The molecule has 0 aliphatic carbocycles. The Morgan fingerprint density at radius 1 is 1.07 bits per heavy atom. The normalized spacial score (nSPS) is 12.5. The third-order valence-corrected chi connectivity index (χ3v) is 6.26. The molecule has 1 amide bonds. The van der Waals surface area contributed by atoms with E-state index >= 15 is 0 Å². The van der Waals surface area contributed by atoms with Crippen molar-refractivity contribution in [3.63, 3.8) is 0 Å². The minimum atomic E-state index is -4.88. The Hall–Kier alpha value is -5.41. The van der Waals surface area contributed by atoms with E-state index in [2.05, 4.69) is 42.2 Å². The third kappa shape index (κ3) is 6.42. The number of tetrazole rings is 1. The van der Waals surface area contributed by atoms with Crippen molar-refractivity contribution in [3.8, 4) is 5.75 Å². The first kappa shape index (κ1) is 29.1. The van der Waals surface area contributed by atoms with Gasteiger partial charge in [0.25, 0.3) is 11.9 Å². The van der Waals surface area contributed by atoms with E-state index in [-0.39, 0.29) is 40.4 Å². The number of fused-ring (bicyclic) bond motifs is 1. The fraction of sp³-hybridized carbons (Fsp3) is 0.148. The fourth-order valence-electron chi connectivity index (χ4n) is 4.38. The summed E-state index contributed by atoms with van der Waals surface area (Å²) in [7, 11) is 1.60. The smallest absolute Gasteiger partial charge is 0.406 e. The van der Waals surface area contributed by atoms with Crippen LogP contribution in [0, 0.1) is 0 Å². The van der Waals surface area contributed by atoms with Crippen LogP contribution in [0.5, 0.6) is 5.75 Å². The van der Waals surface area contributed by atoms with E-state index in [1.807, 2.05) is 0 Å². The van der Waals surface area contributed by atoms with Gasteiger partial charge in [0.1, 0.15) is 5.75 Å². The van der Waals surface area contributed by atoms with Gasteiger partial charge in [0.15, 0.2) is 0 Å². The maximum atomic E-state index is 13.8. The molecule has 5 aromatic rings. The molecule has 2 heterocycles. The Balaban J connectivity index is 1.60. The summed E-state index contributed by atoms with van der Waals surface area (Å²) in [6.45, 7) is 3.69. The first-order chi connectivity index (χ1) is 20.3. The number of aromatic nitrogens is 6. The van der Waals surface area contributed by atoms with Crippen LogP contribution >= 0.6 is 0 Å². The molecule has 0 bridgehead atoms. The van der Waals surface area contributed by atoms with Gasteiger partial charge in [-0.1, -0.05) is 29.9 Å². The number of rotatable bonds is 7. The van der Waals surface area contributed by atoms with Gasteiger partial charge in [-0.25, -0.2) is 4.99 Å². The van der Waals surface area contributed by atoms with Gasteiger partial charge >= 0.3 is 12.5 Å². The molecule has 0 saturated heterocycles. The quantitative estimate of drug-likeness (QED) is 0.236. The van der Waals surface area contributed by atoms with Gasteiger partial charge in [-0.3, -0.25) is 10.1 Å². The number of ether oxygens (including phenoxy) is 1. The van der Waals surface area contributed by atoms with Crippen LogP contribution in [0.3, 0.4) is 0 Å². The van der Waals surface area contributed by atoms with E-state index in [1.54, 1.807) is 23.7 Å². The zero-order valence-corrected chi connectivity index (χ0v) is 22.0. The largest absolute Gasteiger partial charge is 0.573 e. The van der Waals surface area contributed by atoms with Crippen molar-refractivity contribution in [1.82, 2.24) is 29.8 Å². The van der Waals surface area contributed by atoms with E-state index < -0.39 is 29.8 Å². The van der Waals surface area contributed by atoms with Crippen LogP contribution < -0.4 is 15.7 Å². The molecule has 0 saturated carbocycles. The number of carbonyl (C=O) groups excluding carboxylic acids is 1.